The molecule has 0 aliphatic heterocycles. The molecule has 1 aromatic heterocycles. The van der Waals surface area contributed by atoms with E-state index in [2.05, 4.69) is 15.3 Å². The quantitative estimate of drug-likeness (QED) is 0.672. The molecule has 0 amide bonds. The molecule has 1 N–H and O–H groups in total. The maximum Gasteiger partial charge on any atom is 0.343 e. The van der Waals surface area contributed by atoms with Crippen LogP contribution in [0.4, 0.5) is 5.82 Å². The number of rotatable bonds is 4. The van der Waals surface area contributed by atoms with Crippen LogP contribution in [0.5, 0.6) is 0 Å². The largest absolute Gasteiger partial charge is 0.462 e. The zero-order chi connectivity index (χ0) is 13.0. The lowest BCUT2D eigenvalue weighted by atomic mass is 10.2. The smallest absolute Gasteiger partial charge is 0.343 e. The summed E-state index contributed by atoms with van der Waals surface area (Å²) in [5.41, 5.74) is 0.341. The molecule has 6 heteroatoms. The molecule has 2 rings (SSSR count). The average Bonchev–Trinajstić information content (AvgIpc) is 2.82. The van der Waals surface area contributed by atoms with Gasteiger partial charge in [0.05, 0.1) is 6.61 Å². The number of hydrogen-bond acceptors (Lipinski definition) is 5. The molecule has 1 aliphatic rings. The second-order valence-electron chi connectivity index (χ2n) is 4.25. The van der Waals surface area contributed by atoms with E-state index in [1.165, 1.54) is 19.0 Å². The Balaban J connectivity index is 2.19. The molecule has 98 valence electrons. The third-order valence-electron chi connectivity index (χ3n) is 2.95. The first-order valence-corrected chi connectivity index (χ1v) is 6.54. The minimum absolute atomic E-state index is 0.128. The zero-order valence-electron chi connectivity index (χ0n) is 10.3. The van der Waals surface area contributed by atoms with Gasteiger partial charge < -0.3 is 10.1 Å². The van der Waals surface area contributed by atoms with Crippen molar-refractivity contribution >= 4 is 23.4 Å². The lowest BCUT2D eigenvalue weighted by Gasteiger charge is -2.15. The maximum absolute atomic E-state index is 11.8. The van der Waals surface area contributed by atoms with Gasteiger partial charge in [0.1, 0.15) is 11.4 Å². The van der Waals surface area contributed by atoms with Gasteiger partial charge in [-0.3, -0.25) is 0 Å². The van der Waals surface area contributed by atoms with Gasteiger partial charge >= 0.3 is 5.97 Å². The number of hydrogen-bond donors (Lipinski definition) is 1. The number of ether oxygens (including phenoxy) is 1. The molecule has 1 aliphatic carbocycles. The number of aromatic nitrogens is 2. The third-order valence-corrected chi connectivity index (χ3v) is 3.13. The molecule has 1 fully saturated rings. The summed E-state index contributed by atoms with van der Waals surface area (Å²) in [7, 11) is 0. The van der Waals surface area contributed by atoms with Gasteiger partial charge in [-0.2, -0.15) is 4.98 Å². The number of carbonyl (C=O) groups excluding carboxylic acids is 1. The predicted octanol–water partition coefficient (Wildman–Crippen LogP) is 2.66. The molecule has 18 heavy (non-hydrogen) atoms. The Hall–Kier alpha value is -1.36. The van der Waals surface area contributed by atoms with E-state index >= 15 is 0 Å². The van der Waals surface area contributed by atoms with Gasteiger partial charge in [0.25, 0.3) is 0 Å². The van der Waals surface area contributed by atoms with E-state index in [1.807, 2.05) is 0 Å². The third kappa shape index (κ3) is 3.10. The summed E-state index contributed by atoms with van der Waals surface area (Å²) in [6.07, 6.45) is 5.98. The average molecular weight is 270 g/mol. The van der Waals surface area contributed by atoms with Gasteiger partial charge in [0.2, 0.25) is 5.28 Å². The minimum Gasteiger partial charge on any atom is -0.462 e. The van der Waals surface area contributed by atoms with E-state index in [9.17, 15) is 4.79 Å². The summed E-state index contributed by atoms with van der Waals surface area (Å²) in [6, 6.07) is 0.351. The summed E-state index contributed by atoms with van der Waals surface area (Å²) in [4.78, 5) is 19.7. The highest BCUT2D eigenvalue weighted by molar-refractivity contribution is 6.28. The van der Waals surface area contributed by atoms with Crippen molar-refractivity contribution in [3.8, 4) is 0 Å². The topological polar surface area (TPSA) is 64.1 Å². The standard InChI is InChI=1S/C12H16ClN3O2/c1-2-18-11(17)9-7-14-12(13)16-10(9)15-8-5-3-4-6-8/h7-8H,2-6H2,1H3,(H,14,15,16). The van der Waals surface area contributed by atoms with Crippen LogP contribution in [0.2, 0.25) is 5.28 Å². The number of halogens is 1. The van der Waals surface area contributed by atoms with E-state index in [-0.39, 0.29) is 5.28 Å². The van der Waals surface area contributed by atoms with Crippen LogP contribution in [0, 0.1) is 0 Å². The van der Waals surface area contributed by atoms with Gasteiger partial charge in [-0.1, -0.05) is 12.8 Å². The Bertz CT molecular complexity index is 433. The van der Waals surface area contributed by atoms with Crippen molar-refractivity contribution in [1.82, 2.24) is 9.97 Å². The van der Waals surface area contributed by atoms with Crippen molar-refractivity contribution in [2.45, 2.75) is 38.6 Å². The molecule has 1 saturated carbocycles. The van der Waals surface area contributed by atoms with E-state index < -0.39 is 5.97 Å². The second kappa shape index (κ2) is 6.00. The molecule has 1 heterocycles. The van der Waals surface area contributed by atoms with Crippen molar-refractivity contribution in [2.75, 3.05) is 11.9 Å². The van der Waals surface area contributed by atoms with Crippen LogP contribution in [-0.4, -0.2) is 28.6 Å². The van der Waals surface area contributed by atoms with Gasteiger partial charge in [-0.25, -0.2) is 9.78 Å². The minimum atomic E-state index is -0.422. The maximum atomic E-state index is 11.8. The normalized spacial score (nSPS) is 15.7. The predicted molar refractivity (Wildman–Crippen MR) is 68.9 cm³/mol. The summed E-state index contributed by atoms with van der Waals surface area (Å²) in [5, 5.41) is 3.38. The lowest BCUT2D eigenvalue weighted by molar-refractivity contribution is 0.0526. The Morgan fingerprint density at radius 1 is 1.56 bits per heavy atom. The van der Waals surface area contributed by atoms with Gasteiger partial charge in [-0.15, -0.1) is 0 Å². The van der Waals surface area contributed by atoms with Crippen molar-refractivity contribution in [2.24, 2.45) is 0 Å². The van der Waals surface area contributed by atoms with Gasteiger partial charge in [0.15, 0.2) is 0 Å². The van der Waals surface area contributed by atoms with Crippen LogP contribution in [0.1, 0.15) is 43.0 Å². The number of carbonyl (C=O) groups is 1. The summed E-state index contributed by atoms with van der Waals surface area (Å²) >= 11 is 5.77. The first-order valence-electron chi connectivity index (χ1n) is 6.17. The molecule has 0 atom stereocenters. The Morgan fingerprint density at radius 3 is 2.94 bits per heavy atom. The van der Waals surface area contributed by atoms with Crippen LogP contribution >= 0.6 is 11.6 Å². The zero-order valence-corrected chi connectivity index (χ0v) is 11.0. The van der Waals surface area contributed by atoms with Crippen molar-refractivity contribution in [3.63, 3.8) is 0 Å². The van der Waals surface area contributed by atoms with Crippen LogP contribution in [0.25, 0.3) is 0 Å². The Morgan fingerprint density at radius 2 is 2.28 bits per heavy atom. The molecule has 0 unspecified atom stereocenters. The van der Waals surface area contributed by atoms with Gasteiger partial charge in [0, 0.05) is 12.2 Å². The molecule has 0 aromatic carbocycles. The molecule has 1 aromatic rings. The lowest BCUT2D eigenvalue weighted by Crippen LogP contribution is -2.19. The van der Waals surface area contributed by atoms with Crippen LogP contribution < -0.4 is 5.32 Å². The molecule has 0 saturated heterocycles. The van der Waals surface area contributed by atoms with Crippen molar-refractivity contribution in [1.29, 1.82) is 0 Å². The molecule has 0 spiro atoms. The summed E-state index contributed by atoms with van der Waals surface area (Å²) in [6.45, 7) is 2.09. The fraction of sp³-hybridized carbons (Fsp3) is 0.583. The SMILES string of the molecule is CCOC(=O)c1cnc(Cl)nc1NC1CCCC1. The van der Waals surface area contributed by atoms with E-state index in [0.29, 0.717) is 24.0 Å². The number of nitrogens with zero attached hydrogens (tertiary/aromatic N) is 2. The fourth-order valence-electron chi connectivity index (χ4n) is 2.09. The monoisotopic (exact) mass is 269 g/mol. The number of esters is 1. The molecule has 0 radical (unpaired) electrons. The molecule has 5 nitrogen and oxygen atoms in total. The fourth-order valence-corrected chi connectivity index (χ4v) is 2.23. The van der Waals surface area contributed by atoms with Crippen molar-refractivity contribution < 1.29 is 9.53 Å². The summed E-state index contributed by atoms with van der Waals surface area (Å²) < 4.78 is 4.97. The van der Waals surface area contributed by atoms with Crippen LogP contribution in [-0.2, 0) is 4.74 Å². The van der Waals surface area contributed by atoms with E-state index in [1.54, 1.807) is 6.92 Å². The second-order valence-corrected chi connectivity index (χ2v) is 4.59. The van der Waals surface area contributed by atoms with E-state index in [0.717, 1.165) is 12.8 Å². The summed E-state index contributed by atoms with van der Waals surface area (Å²) in [5.74, 6) is 0.0509. The molecule has 0 bridgehead atoms. The van der Waals surface area contributed by atoms with Crippen LogP contribution in [0.15, 0.2) is 6.20 Å². The Labute approximate surface area is 111 Å². The first-order chi connectivity index (χ1) is 8.70. The Kier molecular flexibility index (Phi) is 4.36. The number of nitrogens with one attached hydrogen (secondary N) is 1. The highest BCUT2D eigenvalue weighted by Crippen LogP contribution is 2.24. The molecular weight excluding hydrogens is 254 g/mol. The van der Waals surface area contributed by atoms with E-state index in [4.69, 9.17) is 16.3 Å². The highest BCUT2D eigenvalue weighted by Gasteiger charge is 2.20. The molecular formula is C12H16ClN3O2. The highest BCUT2D eigenvalue weighted by atomic mass is 35.5. The first kappa shape index (κ1) is 13.1. The van der Waals surface area contributed by atoms with Crippen molar-refractivity contribution in [3.05, 3.63) is 17.0 Å². The van der Waals surface area contributed by atoms with Crippen LogP contribution in [0.3, 0.4) is 0 Å². The van der Waals surface area contributed by atoms with Gasteiger partial charge in [-0.05, 0) is 31.4 Å². The number of anilines is 1.